The molecule has 0 radical (unpaired) electrons. The molecular weight excluding hydrogens is 270 g/mol. The van der Waals surface area contributed by atoms with Crippen molar-refractivity contribution in [1.82, 2.24) is 9.88 Å². The number of rotatable bonds is 2. The standard InChI is InChI=1S/C11H15N3O4S/c1-6-7(2)19-10(12-6)13-11(17)14-3-4-18-8(5-14)9(15)16/h8H,3-5H2,1-2H3,(H,15,16)(H,12,13,17). The van der Waals surface area contributed by atoms with Gasteiger partial charge in [-0.05, 0) is 13.8 Å². The van der Waals surface area contributed by atoms with Gasteiger partial charge in [-0.25, -0.2) is 14.6 Å². The molecule has 1 unspecified atom stereocenters. The van der Waals surface area contributed by atoms with Gasteiger partial charge >= 0.3 is 12.0 Å². The number of morpholine rings is 1. The van der Waals surface area contributed by atoms with Gasteiger partial charge in [0, 0.05) is 11.4 Å². The number of hydrogen-bond acceptors (Lipinski definition) is 5. The number of thiazole rings is 1. The molecule has 1 aromatic rings. The van der Waals surface area contributed by atoms with Crippen LogP contribution in [0.25, 0.3) is 0 Å². The number of hydrogen-bond donors (Lipinski definition) is 2. The van der Waals surface area contributed by atoms with Crippen LogP contribution < -0.4 is 5.32 Å². The van der Waals surface area contributed by atoms with Crippen molar-refractivity contribution >= 4 is 28.5 Å². The lowest BCUT2D eigenvalue weighted by Crippen LogP contribution is -2.49. The van der Waals surface area contributed by atoms with Crippen molar-refractivity contribution < 1.29 is 19.4 Å². The maximum Gasteiger partial charge on any atom is 0.334 e. The number of ether oxygens (including phenoxy) is 1. The van der Waals surface area contributed by atoms with Crippen LogP contribution in [0.15, 0.2) is 0 Å². The molecule has 0 aliphatic carbocycles. The molecule has 2 rings (SSSR count). The fraction of sp³-hybridized carbons (Fsp3) is 0.545. The highest BCUT2D eigenvalue weighted by Crippen LogP contribution is 2.21. The first-order valence-electron chi connectivity index (χ1n) is 5.81. The molecule has 2 amide bonds. The molecule has 1 atom stereocenters. The van der Waals surface area contributed by atoms with E-state index in [4.69, 9.17) is 9.84 Å². The number of amides is 2. The Kier molecular flexibility index (Phi) is 4.01. The number of aryl methyl sites for hydroxylation is 2. The van der Waals surface area contributed by atoms with E-state index in [-0.39, 0.29) is 19.2 Å². The van der Waals surface area contributed by atoms with Gasteiger partial charge in [0.25, 0.3) is 0 Å². The lowest BCUT2D eigenvalue weighted by molar-refractivity contribution is -0.154. The van der Waals surface area contributed by atoms with Gasteiger partial charge in [-0.1, -0.05) is 0 Å². The van der Waals surface area contributed by atoms with Crippen LogP contribution >= 0.6 is 11.3 Å². The third-order valence-corrected chi connectivity index (χ3v) is 3.86. The summed E-state index contributed by atoms with van der Waals surface area (Å²) in [7, 11) is 0. The van der Waals surface area contributed by atoms with Crippen molar-refractivity contribution in [3.63, 3.8) is 0 Å². The van der Waals surface area contributed by atoms with Crippen LogP contribution in [-0.2, 0) is 9.53 Å². The average molecular weight is 285 g/mol. The van der Waals surface area contributed by atoms with Crippen LogP contribution in [0.2, 0.25) is 0 Å². The van der Waals surface area contributed by atoms with Gasteiger partial charge in [0.15, 0.2) is 11.2 Å². The maximum atomic E-state index is 12.0. The van der Waals surface area contributed by atoms with Crippen LogP contribution in [0.5, 0.6) is 0 Å². The van der Waals surface area contributed by atoms with Gasteiger partial charge in [0.2, 0.25) is 0 Å². The van der Waals surface area contributed by atoms with Gasteiger partial charge in [-0.2, -0.15) is 0 Å². The van der Waals surface area contributed by atoms with Crippen molar-refractivity contribution in [3.05, 3.63) is 10.6 Å². The Morgan fingerprint density at radius 2 is 2.26 bits per heavy atom. The molecule has 1 fully saturated rings. The van der Waals surface area contributed by atoms with Crippen LogP contribution in [0.1, 0.15) is 10.6 Å². The molecule has 1 aromatic heterocycles. The van der Waals surface area contributed by atoms with E-state index in [1.807, 2.05) is 13.8 Å². The summed E-state index contributed by atoms with van der Waals surface area (Å²) in [6, 6.07) is -0.344. The second kappa shape index (κ2) is 5.54. The van der Waals surface area contributed by atoms with Crippen LogP contribution in [0.4, 0.5) is 9.93 Å². The van der Waals surface area contributed by atoms with Gasteiger partial charge in [-0.15, -0.1) is 11.3 Å². The van der Waals surface area contributed by atoms with Gasteiger partial charge in [0.05, 0.1) is 18.8 Å². The predicted molar refractivity (Wildman–Crippen MR) is 69.6 cm³/mol. The summed E-state index contributed by atoms with van der Waals surface area (Å²) in [4.78, 5) is 29.5. The first-order chi connectivity index (χ1) is 8.97. The monoisotopic (exact) mass is 285 g/mol. The first kappa shape index (κ1) is 13.8. The van der Waals surface area contributed by atoms with E-state index in [0.717, 1.165) is 10.6 Å². The highest BCUT2D eigenvalue weighted by atomic mass is 32.1. The Morgan fingerprint density at radius 3 is 2.84 bits per heavy atom. The minimum Gasteiger partial charge on any atom is -0.479 e. The van der Waals surface area contributed by atoms with Gasteiger partial charge < -0.3 is 14.7 Å². The molecule has 0 saturated carbocycles. The number of anilines is 1. The first-order valence-corrected chi connectivity index (χ1v) is 6.63. The van der Waals surface area contributed by atoms with E-state index in [0.29, 0.717) is 11.7 Å². The summed E-state index contributed by atoms with van der Waals surface area (Å²) in [6.45, 7) is 4.44. The smallest absolute Gasteiger partial charge is 0.334 e. The fourth-order valence-corrected chi connectivity index (χ4v) is 2.48. The largest absolute Gasteiger partial charge is 0.479 e. The molecule has 1 saturated heterocycles. The minimum atomic E-state index is -1.06. The highest BCUT2D eigenvalue weighted by Gasteiger charge is 2.29. The van der Waals surface area contributed by atoms with E-state index < -0.39 is 12.1 Å². The molecule has 2 N–H and O–H groups in total. The maximum absolute atomic E-state index is 12.0. The quantitative estimate of drug-likeness (QED) is 0.848. The number of carboxylic acid groups (broad SMARTS) is 1. The van der Waals surface area contributed by atoms with Gasteiger partial charge in [-0.3, -0.25) is 5.32 Å². The number of carbonyl (C=O) groups is 2. The number of aliphatic carboxylic acids is 1. The van der Waals surface area contributed by atoms with E-state index in [9.17, 15) is 9.59 Å². The Bertz CT molecular complexity index is 483. The highest BCUT2D eigenvalue weighted by molar-refractivity contribution is 7.15. The second-order valence-corrected chi connectivity index (χ2v) is 5.44. The van der Waals surface area contributed by atoms with Gasteiger partial charge in [0.1, 0.15) is 0 Å². The zero-order valence-corrected chi connectivity index (χ0v) is 11.5. The Hall–Kier alpha value is -1.67. The number of nitrogens with one attached hydrogen (secondary N) is 1. The molecule has 104 valence electrons. The van der Waals surface area contributed by atoms with Crippen molar-refractivity contribution in [2.24, 2.45) is 0 Å². The Morgan fingerprint density at radius 1 is 1.53 bits per heavy atom. The molecule has 0 aromatic carbocycles. The SMILES string of the molecule is Cc1nc(NC(=O)N2CCOC(C(=O)O)C2)sc1C. The third-order valence-electron chi connectivity index (χ3n) is 2.87. The molecule has 0 spiro atoms. The summed E-state index contributed by atoms with van der Waals surface area (Å²) in [5.74, 6) is -1.06. The van der Waals surface area contributed by atoms with Crippen molar-refractivity contribution in [3.8, 4) is 0 Å². The second-order valence-electron chi connectivity index (χ2n) is 4.23. The Balaban J connectivity index is 1.97. The minimum absolute atomic E-state index is 0.0461. The predicted octanol–water partition coefficient (Wildman–Crippen LogP) is 1.08. The topological polar surface area (TPSA) is 91.8 Å². The van der Waals surface area contributed by atoms with E-state index in [1.165, 1.54) is 16.2 Å². The number of urea groups is 1. The number of nitrogens with zero attached hydrogens (tertiary/aromatic N) is 2. The number of aromatic nitrogens is 1. The molecular formula is C11H15N3O4S. The summed E-state index contributed by atoms with van der Waals surface area (Å²) in [5.41, 5.74) is 0.880. The van der Waals surface area contributed by atoms with Crippen LogP contribution in [0.3, 0.4) is 0 Å². The molecule has 0 bridgehead atoms. The zero-order chi connectivity index (χ0) is 14.0. The molecule has 7 nitrogen and oxygen atoms in total. The third kappa shape index (κ3) is 3.21. The Labute approximate surface area is 114 Å². The lowest BCUT2D eigenvalue weighted by atomic mass is 10.3. The van der Waals surface area contributed by atoms with Crippen LogP contribution in [-0.4, -0.2) is 52.8 Å². The number of carboxylic acids is 1. The summed E-state index contributed by atoms with van der Waals surface area (Å²) < 4.78 is 5.06. The summed E-state index contributed by atoms with van der Waals surface area (Å²) in [6.07, 6.45) is -0.959. The molecule has 19 heavy (non-hydrogen) atoms. The van der Waals surface area contributed by atoms with Crippen molar-refractivity contribution in [2.45, 2.75) is 20.0 Å². The molecule has 8 heteroatoms. The molecule has 2 heterocycles. The summed E-state index contributed by atoms with van der Waals surface area (Å²) in [5, 5.41) is 12.1. The van der Waals surface area contributed by atoms with Crippen LogP contribution in [0, 0.1) is 13.8 Å². The molecule has 1 aliphatic heterocycles. The van der Waals surface area contributed by atoms with E-state index in [1.54, 1.807) is 0 Å². The average Bonchev–Trinajstić information content (AvgIpc) is 2.68. The van der Waals surface area contributed by atoms with Crippen molar-refractivity contribution in [1.29, 1.82) is 0 Å². The molecule has 1 aliphatic rings. The lowest BCUT2D eigenvalue weighted by Gasteiger charge is -2.30. The summed E-state index contributed by atoms with van der Waals surface area (Å²) >= 11 is 1.40. The number of carbonyl (C=O) groups excluding carboxylic acids is 1. The fourth-order valence-electron chi connectivity index (χ4n) is 1.68. The normalized spacial score (nSPS) is 19.3. The van der Waals surface area contributed by atoms with E-state index in [2.05, 4.69) is 10.3 Å². The zero-order valence-electron chi connectivity index (χ0n) is 10.7. The van der Waals surface area contributed by atoms with Crippen molar-refractivity contribution in [2.75, 3.05) is 25.0 Å². The van der Waals surface area contributed by atoms with E-state index >= 15 is 0 Å².